The van der Waals surface area contributed by atoms with E-state index < -0.39 is 5.91 Å². The van der Waals surface area contributed by atoms with Crippen molar-refractivity contribution in [2.45, 2.75) is 49.8 Å². The highest BCUT2D eigenvalue weighted by molar-refractivity contribution is 14.1. The number of benzene rings is 1. The van der Waals surface area contributed by atoms with Crippen LogP contribution in [0.5, 0.6) is 11.5 Å². The molecule has 0 radical (unpaired) electrons. The Balaban J connectivity index is 1.95. The lowest BCUT2D eigenvalue weighted by Gasteiger charge is -2.10. The van der Waals surface area contributed by atoms with E-state index in [1.807, 2.05) is 16.7 Å². The molecule has 11 heteroatoms. The van der Waals surface area contributed by atoms with Crippen molar-refractivity contribution >= 4 is 52.0 Å². The zero-order chi connectivity index (χ0) is 21.8. The maximum atomic E-state index is 12.0. The summed E-state index contributed by atoms with van der Waals surface area (Å²) in [5, 5.41) is 6.81. The third-order valence-electron chi connectivity index (χ3n) is 4.27. The SMILES string of the molecule is CC(=O)Nc1c(C(N)=O)[nH]c(Sc2cc3c(cc2I)OCO3)[n+]1CCCNC(C)C. The molecule has 3 rings (SSSR count). The van der Waals surface area contributed by atoms with Crippen molar-refractivity contribution in [3.05, 3.63) is 21.4 Å². The van der Waals surface area contributed by atoms with Gasteiger partial charge in [-0.05, 0) is 59.5 Å². The molecule has 2 heterocycles. The number of anilines is 1. The van der Waals surface area contributed by atoms with E-state index in [-0.39, 0.29) is 18.4 Å². The van der Waals surface area contributed by atoms with Crippen molar-refractivity contribution in [1.29, 1.82) is 0 Å². The highest BCUT2D eigenvalue weighted by Gasteiger charge is 2.29. The summed E-state index contributed by atoms with van der Waals surface area (Å²) in [6.07, 6.45) is 0.803. The third-order valence-corrected chi connectivity index (χ3v) is 6.60. The van der Waals surface area contributed by atoms with Gasteiger partial charge in [-0.3, -0.25) is 14.6 Å². The van der Waals surface area contributed by atoms with Crippen molar-refractivity contribution in [1.82, 2.24) is 10.3 Å². The van der Waals surface area contributed by atoms with E-state index in [4.69, 9.17) is 15.2 Å². The summed E-state index contributed by atoms with van der Waals surface area (Å²) in [6, 6.07) is 4.19. The van der Waals surface area contributed by atoms with Crippen LogP contribution in [0.4, 0.5) is 5.82 Å². The van der Waals surface area contributed by atoms with Crippen LogP contribution in [0.1, 0.15) is 37.7 Å². The number of aromatic nitrogens is 2. The predicted molar refractivity (Wildman–Crippen MR) is 121 cm³/mol. The number of nitrogens with one attached hydrogen (secondary N) is 3. The Hall–Kier alpha value is -1.99. The Bertz CT molecular complexity index is 963. The van der Waals surface area contributed by atoms with E-state index in [1.165, 1.54) is 18.7 Å². The number of nitrogens with zero attached hydrogens (tertiary/aromatic N) is 1. The van der Waals surface area contributed by atoms with Crippen molar-refractivity contribution in [2.24, 2.45) is 5.73 Å². The first-order chi connectivity index (χ1) is 14.3. The molecule has 1 aliphatic heterocycles. The zero-order valence-electron chi connectivity index (χ0n) is 17.0. The molecule has 0 saturated heterocycles. The fraction of sp³-hybridized carbons (Fsp3) is 0.421. The molecule has 30 heavy (non-hydrogen) atoms. The number of fused-ring (bicyclic) bond motifs is 1. The number of H-pyrrole nitrogens is 1. The Kier molecular flexibility index (Phi) is 7.47. The van der Waals surface area contributed by atoms with E-state index in [0.29, 0.717) is 35.1 Å². The molecular weight excluding hydrogens is 521 g/mol. The smallest absolute Gasteiger partial charge is 0.287 e. The molecule has 9 nitrogen and oxygen atoms in total. The average molecular weight is 546 g/mol. The molecule has 0 bridgehead atoms. The Morgan fingerprint density at radius 1 is 1.33 bits per heavy atom. The van der Waals surface area contributed by atoms with Crippen molar-refractivity contribution in [2.75, 3.05) is 18.7 Å². The van der Waals surface area contributed by atoms with Gasteiger partial charge >= 0.3 is 0 Å². The first-order valence-corrected chi connectivity index (χ1v) is 11.4. The molecule has 162 valence electrons. The second-order valence-corrected chi connectivity index (χ2v) is 9.24. The first-order valence-electron chi connectivity index (χ1n) is 9.49. The minimum absolute atomic E-state index is 0.167. The van der Waals surface area contributed by atoms with Gasteiger partial charge in [-0.25, -0.2) is 9.88 Å². The monoisotopic (exact) mass is 546 g/mol. The fourth-order valence-electron chi connectivity index (χ4n) is 2.95. The van der Waals surface area contributed by atoms with Gasteiger partial charge in [-0.1, -0.05) is 13.8 Å². The van der Waals surface area contributed by atoms with Gasteiger partial charge in [0.25, 0.3) is 22.8 Å². The maximum Gasteiger partial charge on any atom is 0.287 e. The van der Waals surface area contributed by atoms with Crippen molar-refractivity contribution in [3.8, 4) is 11.5 Å². The molecule has 5 N–H and O–H groups in total. The number of ether oxygens (including phenoxy) is 2. The van der Waals surface area contributed by atoms with E-state index in [1.54, 1.807) is 0 Å². The second-order valence-electron chi connectivity index (χ2n) is 7.05. The summed E-state index contributed by atoms with van der Waals surface area (Å²) in [4.78, 5) is 27.8. The minimum atomic E-state index is -0.639. The second kappa shape index (κ2) is 9.88. The lowest BCUT2D eigenvalue weighted by Crippen LogP contribution is -2.40. The number of carbonyl (C=O) groups excluding carboxylic acids is 2. The van der Waals surface area contributed by atoms with Crippen LogP contribution in [0.2, 0.25) is 0 Å². The van der Waals surface area contributed by atoms with Crippen LogP contribution in [-0.4, -0.2) is 36.2 Å². The number of imidazole rings is 1. The zero-order valence-corrected chi connectivity index (χ0v) is 20.0. The van der Waals surface area contributed by atoms with Crippen LogP contribution in [0.3, 0.4) is 0 Å². The van der Waals surface area contributed by atoms with Crippen LogP contribution >= 0.6 is 34.4 Å². The number of hydrogen-bond acceptors (Lipinski definition) is 6. The summed E-state index contributed by atoms with van der Waals surface area (Å²) in [7, 11) is 0. The summed E-state index contributed by atoms with van der Waals surface area (Å²) < 4.78 is 13.8. The van der Waals surface area contributed by atoms with Crippen LogP contribution in [-0.2, 0) is 11.3 Å². The molecule has 1 aromatic carbocycles. The molecule has 0 saturated carbocycles. The molecular formula is C19H25IN5O4S+. The first kappa shape index (κ1) is 22.7. The summed E-state index contributed by atoms with van der Waals surface area (Å²) >= 11 is 3.67. The number of amides is 2. The van der Waals surface area contributed by atoms with E-state index >= 15 is 0 Å². The lowest BCUT2D eigenvalue weighted by atomic mass is 10.3. The number of primary amides is 1. The van der Waals surface area contributed by atoms with Crippen LogP contribution < -0.4 is 30.4 Å². The van der Waals surface area contributed by atoms with Crippen LogP contribution in [0.15, 0.2) is 22.2 Å². The largest absolute Gasteiger partial charge is 0.454 e. The summed E-state index contributed by atoms with van der Waals surface area (Å²) in [5.41, 5.74) is 5.74. The van der Waals surface area contributed by atoms with Crippen LogP contribution in [0.25, 0.3) is 0 Å². The Morgan fingerprint density at radius 2 is 2.03 bits per heavy atom. The van der Waals surface area contributed by atoms with Crippen molar-refractivity contribution < 1.29 is 23.6 Å². The number of carbonyl (C=O) groups is 2. The quantitative estimate of drug-likeness (QED) is 0.218. The number of nitrogens with two attached hydrogens (primary N) is 1. The van der Waals surface area contributed by atoms with E-state index in [2.05, 4.69) is 52.1 Å². The molecule has 0 atom stereocenters. The van der Waals surface area contributed by atoms with Crippen molar-refractivity contribution in [3.63, 3.8) is 0 Å². The standard InChI is InChI=1S/C19H24IN5O4S/c1-10(2)22-5-4-6-25-18(23-11(3)26)16(17(21)27)24-19(25)30-15-8-14-13(7-12(15)20)28-9-29-14/h7-8,10,22H,4-6,9H2,1-3H3,(H3,21,23,26,27)/p+1. The lowest BCUT2D eigenvalue weighted by molar-refractivity contribution is -0.718. The average Bonchev–Trinajstić information content (AvgIpc) is 3.23. The summed E-state index contributed by atoms with van der Waals surface area (Å²) in [5.74, 6) is 0.839. The van der Waals surface area contributed by atoms with Gasteiger partial charge in [0, 0.05) is 21.4 Å². The topological polar surface area (TPSA) is 122 Å². The highest BCUT2D eigenvalue weighted by atomic mass is 127. The number of hydrogen-bond donors (Lipinski definition) is 4. The molecule has 1 aromatic heterocycles. The van der Waals surface area contributed by atoms with Gasteiger partial charge in [0.05, 0.1) is 6.54 Å². The molecule has 1 aliphatic rings. The van der Waals surface area contributed by atoms with Gasteiger partial charge in [-0.15, -0.1) is 0 Å². The minimum Gasteiger partial charge on any atom is -0.454 e. The Morgan fingerprint density at radius 3 is 2.67 bits per heavy atom. The van der Waals surface area contributed by atoms with Gasteiger partial charge < -0.3 is 20.5 Å². The number of rotatable bonds is 9. The van der Waals surface area contributed by atoms with Gasteiger partial charge in [0.15, 0.2) is 11.5 Å². The predicted octanol–water partition coefficient (Wildman–Crippen LogP) is 2.23. The maximum absolute atomic E-state index is 12.0. The fourth-order valence-corrected chi connectivity index (χ4v) is 4.69. The van der Waals surface area contributed by atoms with Gasteiger partial charge in [0.1, 0.15) is 0 Å². The van der Waals surface area contributed by atoms with E-state index in [9.17, 15) is 9.59 Å². The Labute approximate surface area is 192 Å². The molecule has 0 spiro atoms. The number of halogens is 1. The van der Waals surface area contributed by atoms with Gasteiger partial charge in [-0.2, -0.15) is 0 Å². The summed E-state index contributed by atoms with van der Waals surface area (Å²) in [6.45, 7) is 7.15. The molecule has 0 fully saturated rings. The number of aromatic amines is 1. The molecule has 2 amide bonds. The molecule has 0 unspecified atom stereocenters. The van der Waals surface area contributed by atoms with E-state index in [0.717, 1.165) is 21.4 Å². The third kappa shape index (κ3) is 5.38. The highest BCUT2D eigenvalue weighted by Crippen LogP contribution is 2.40. The van der Waals surface area contributed by atoms with Crippen LogP contribution in [0, 0.1) is 3.57 Å². The molecule has 0 aliphatic carbocycles. The molecule has 2 aromatic rings. The van der Waals surface area contributed by atoms with Gasteiger partial charge in [0.2, 0.25) is 12.5 Å². The normalized spacial score (nSPS) is 12.4.